The van der Waals surface area contributed by atoms with Gasteiger partial charge in [-0.25, -0.2) is 8.78 Å². The van der Waals surface area contributed by atoms with Crippen molar-refractivity contribution < 1.29 is 18.3 Å². The average molecular weight is 250 g/mol. The topological polar surface area (TPSA) is 41.6 Å². The van der Waals surface area contributed by atoms with Crippen LogP contribution in [-0.4, -0.2) is 48.7 Å². The third-order valence-corrected chi connectivity index (χ3v) is 3.16. The number of hydrogen-bond donors (Lipinski definition) is 1. The highest BCUT2D eigenvalue weighted by molar-refractivity contribution is 5.88. The molecule has 1 rings (SSSR count). The van der Waals surface area contributed by atoms with Crippen molar-refractivity contribution in [3.63, 3.8) is 0 Å². The molecule has 0 aromatic rings. The van der Waals surface area contributed by atoms with Gasteiger partial charge in [-0.05, 0) is 20.3 Å². The standard InChI is InChI=1S/C11H20F2N2O2/c1-4-11(3)10(16)15(8(2)14-11)5-6-17-7-9(12)13/h8-9,14H,4-7H2,1-3H3. The fourth-order valence-electron chi connectivity index (χ4n) is 1.98. The van der Waals surface area contributed by atoms with Gasteiger partial charge in [0, 0.05) is 6.54 Å². The molecule has 100 valence electrons. The van der Waals surface area contributed by atoms with E-state index in [1.165, 1.54) is 0 Å². The summed E-state index contributed by atoms with van der Waals surface area (Å²) >= 11 is 0. The highest BCUT2D eigenvalue weighted by Gasteiger charge is 2.44. The molecule has 1 heterocycles. The summed E-state index contributed by atoms with van der Waals surface area (Å²) < 4.78 is 28.5. The van der Waals surface area contributed by atoms with E-state index in [0.717, 1.165) is 0 Å². The number of halogens is 2. The second-order valence-electron chi connectivity index (χ2n) is 4.47. The minimum absolute atomic E-state index is 0.00754. The molecule has 2 atom stereocenters. The van der Waals surface area contributed by atoms with Crippen molar-refractivity contribution in [2.24, 2.45) is 0 Å². The van der Waals surface area contributed by atoms with Crippen LogP contribution in [0.5, 0.6) is 0 Å². The zero-order valence-electron chi connectivity index (χ0n) is 10.5. The molecule has 1 aliphatic heterocycles. The molecular weight excluding hydrogens is 230 g/mol. The van der Waals surface area contributed by atoms with Gasteiger partial charge in [0.05, 0.1) is 18.3 Å². The maximum Gasteiger partial charge on any atom is 0.261 e. The Morgan fingerprint density at radius 1 is 1.59 bits per heavy atom. The Balaban J connectivity index is 2.41. The first-order valence-electron chi connectivity index (χ1n) is 5.85. The van der Waals surface area contributed by atoms with Gasteiger partial charge < -0.3 is 9.64 Å². The molecule has 17 heavy (non-hydrogen) atoms. The average Bonchev–Trinajstić information content (AvgIpc) is 2.47. The first kappa shape index (κ1) is 14.3. The molecule has 0 radical (unpaired) electrons. The second-order valence-corrected chi connectivity index (χ2v) is 4.47. The molecule has 1 aliphatic rings. The lowest BCUT2D eigenvalue weighted by molar-refractivity contribution is -0.133. The van der Waals surface area contributed by atoms with Crippen LogP contribution < -0.4 is 5.32 Å². The first-order valence-corrected chi connectivity index (χ1v) is 5.85. The Hall–Kier alpha value is -0.750. The molecule has 0 saturated carbocycles. The Morgan fingerprint density at radius 3 is 2.71 bits per heavy atom. The first-order chi connectivity index (χ1) is 7.90. The number of carbonyl (C=O) groups excluding carboxylic acids is 1. The van der Waals surface area contributed by atoms with Gasteiger partial charge in [-0.1, -0.05) is 6.92 Å². The van der Waals surface area contributed by atoms with Gasteiger partial charge in [0.15, 0.2) is 0 Å². The van der Waals surface area contributed by atoms with Crippen molar-refractivity contribution in [1.82, 2.24) is 10.2 Å². The number of nitrogens with one attached hydrogen (secondary N) is 1. The van der Waals surface area contributed by atoms with Gasteiger partial charge in [-0.2, -0.15) is 0 Å². The van der Waals surface area contributed by atoms with E-state index in [-0.39, 0.29) is 18.7 Å². The van der Waals surface area contributed by atoms with Crippen molar-refractivity contribution in [3.05, 3.63) is 0 Å². The van der Waals surface area contributed by atoms with Crippen LogP contribution in [0.2, 0.25) is 0 Å². The highest BCUT2D eigenvalue weighted by atomic mass is 19.3. The summed E-state index contributed by atoms with van der Waals surface area (Å²) in [5.74, 6) is 0.00754. The fourth-order valence-corrected chi connectivity index (χ4v) is 1.98. The Bertz CT molecular complexity index is 276. The normalized spacial score (nSPS) is 29.4. The van der Waals surface area contributed by atoms with E-state index in [4.69, 9.17) is 4.74 Å². The van der Waals surface area contributed by atoms with Gasteiger partial charge in [0.1, 0.15) is 6.61 Å². The summed E-state index contributed by atoms with van der Waals surface area (Å²) in [7, 11) is 0. The molecule has 1 N–H and O–H groups in total. The van der Waals surface area contributed by atoms with Crippen LogP contribution >= 0.6 is 0 Å². The van der Waals surface area contributed by atoms with Crippen molar-refractivity contribution in [2.45, 2.75) is 45.3 Å². The Morgan fingerprint density at radius 2 is 2.24 bits per heavy atom. The molecular formula is C11H20F2N2O2. The summed E-state index contributed by atoms with van der Waals surface area (Å²) in [5.41, 5.74) is -0.540. The molecule has 1 saturated heterocycles. The van der Waals surface area contributed by atoms with Gasteiger partial charge >= 0.3 is 0 Å². The van der Waals surface area contributed by atoms with Crippen LogP contribution in [0.3, 0.4) is 0 Å². The van der Waals surface area contributed by atoms with Crippen molar-refractivity contribution in [3.8, 4) is 0 Å². The van der Waals surface area contributed by atoms with Crippen LogP contribution in [0.4, 0.5) is 8.78 Å². The monoisotopic (exact) mass is 250 g/mol. The summed E-state index contributed by atoms with van der Waals surface area (Å²) in [6.07, 6.45) is -1.84. The van der Waals surface area contributed by atoms with E-state index in [0.29, 0.717) is 13.0 Å². The lowest BCUT2D eigenvalue weighted by atomic mass is 9.99. The van der Waals surface area contributed by atoms with Crippen molar-refractivity contribution in [2.75, 3.05) is 19.8 Å². The van der Waals surface area contributed by atoms with Gasteiger partial charge in [-0.15, -0.1) is 0 Å². The Kier molecular flexibility index (Phi) is 4.82. The van der Waals surface area contributed by atoms with Crippen LogP contribution in [-0.2, 0) is 9.53 Å². The molecule has 2 unspecified atom stereocenters. The molecule has 0 aliphatic carbocycles. The van der Waals surface area contributed by atoms with E-state index in [1.54, 1.807) is 4.90 Å². The number of amides is 1. The van der Waals surface area contributed by atoms with Crippen molar-refractivity contribution >= 4 is 5.91 Å². The van der Waals surface area contributed by atoms with Gasteiger partial charge in [-0.3, -0.25) is 10.1 Å². The molecule has 4 nitrogen and oxygen atoms in total. The summed E-state index contributed by atoms with van der Waals surface area (Å²) in [4.78, 5) is 13.7. The quantitative estimate of drug-likeness (QED) is 0.721. The molecule has 1 fully saturated rings. The smallest absolute Gasteiger partial charge is 0.261 e. The minimum atomic E-state index is -2.46. The van der Waals surface area contributed by atoms with Crippen LogP contribution in [0.25, 0.3) is 0 Å². The zero-order chi connectivity index (χ0) is 13.1. The largest absolute Gasteiger partial charge is 0.374 e. The molecule has 0 bridgehead atoms. The molecule has 0 aromatic carbocycles. The number of hydrogen-bond acceptors (Lipinski definition) is 3. The molecule has 1 amide bonds. The molecule has 0 spiro atoms. The lowest BCUT2D eigenvalue weighted by Gasteiger charge is -2.21. The summed E-state index contributed by atoms with van der Waals surface area (Å²) in [6.45, 7) is 5.58. The lowest BCUT2D eigenvalue weighted by Crippen LogP contribution is -2.43. The highest BCUT2D eigenvalue weighted by Crippen LogP contribution is 2.22. The Labute approximate surface area is 100 Å². The van der Waals surface area contributed by atoms with Crippen LogP contribution in [0.15, 0.2) is 0 Å². The van der Waals surface area contributed by atoms with Gasteiger partial charge in [0.25, 0.3) is 6.43 Å². The minimum Gasteiger partial charge on any atom is -0.374 e. The number of rotatable bonds is 6. The summed E-state index contributed by atoms with van der Waals surface area (Å²) in [6, 6.07) is 0. The maximum atomic E-state index is 12.1. The SMILES string of the molecule is CCC1(C)NC(C)N(CCOCC(F)F)C1=O. The van der Waals surface area contributed by atoms with E-state index in [9.17, 15) is 13.6 Å². The summed E-state index contributed by atoms with van der Waals surface area (Å²) in [5, 5.41) is 3.20. The predicted octanol–water partition coefficient (Wildman–Crippen LogP) is 1.21. The number of ether oxygens (including phenoxy) is 1. The number of carbonyl (C=O) groups is 1. The third kappa shape index (κ3) is 3.35. The molecule has 0 aromatic heterocycles. The number of alkyl halides is 2. The van der Waals surface area contributed by atoms with E-state index < -0.39 is 18.6 Å². The van der Waals surface area contributed by atoms with E-state index in [1.807, 2.05) is 20.8 Å². The van der Waals surface area contributed by atoms with Crippen molar-refractivity contribution in [1.29, 1.82) is 0 Å². The van der Waals surface area contributed by atoms with Crippen LogP contribution in [0.1, 0.15) is 27.2 Å². The maximum absolute atomic E-state index is 12.1. The predicted molar refractivity (Wildman–Crippen MR) is 59.8 cm³/mol. The molecule has 6 heteroatoms. The van der Waals surface area contributed by atoms with E-state index >= 15 is 0 Å². The van der Waals surface area contributed by atoms with E-state index in [2.05, 4.69) is 5.32 Å². The second kappa shape index (κ2) is 5.73. The van der Waals surface area contributed by atoms with Crippen LogP contribution in [0, 0.1) is 0 Å². The van der Waals surface area contributed by atoms with Gasteiger partial charge in [0.2, 0.25) is 5.91 Å². The fraction of sp³-hybridized carbons (Fsp3) is 0.909. The number of nitrogens with zero attached hydrogens (tertiary/aromatic N) is 1. The third-order valence-electron chi connectivity index (χ3n) is 3.16. The zero-order valence-corrected chi connectivity index (χ0v) is 10.5.